The molecule has 1 aliphatic carbocycles. The van der Waals surface area contributed by atoms with Crippen molar-refractivity contribution in [1.29, 1.82) is 0 Å². The zero-order chi connectivity index (χ0) is 23.9. The van der Waals surface area contributed by atoms with Crippen molar-refractivity contribution in [2.24, 2.45) is 10.9 Å². The van der Waals surface area contributed by atoms with Crippen LogP contribution in [0.5, 0.6) is 5.75 Å². The van der Waals surface area contributed by atoms with Crippen molar-refractivity contribution in [3.8, 4) is 5.75 Å². The third kappa shape index (κ3) is 5.90. The molecule has 3 aliphatic rings. The van der Waals surface area contributed by atoms with Gasteiger partial charge in [-0.05, 0) is 43.2 Å². The van der Waals surface area contributed by atoms with Crippen LogP contribution in [0, 0.1) is 5.92 Å². The van der Waals surface area contributed by atoms with Gasteiger partial charge < -0.3 is 19.6 Å². The summed E-state index contributed by atoms with van der Waals surface area (Å²) in [6.45, 7) is 4.04. The van der Waals surface area contributed by atoms with Gasteiger partial charge in [0, 0.05) is 31.6 Å². The monoisotopic (exact) mass is 470 g/mol. The molecular weight excluding hydrogens is 432 g/mol. The standard InChI is InChI=1S/C26H38N4O4/c1-2-7-23(19-8-4-3-5-9-19)30(13-14-31)25(33)10-6-15-34-21-12-11-20-17-29-18-24(32)28-26(29)27-22(20)16-21/h11-12,16,19,23,31H,2-10,13-15,17-18H2,1H3,(H,27,28,32). The van der Waals surface area contributed by atoms with Gasteiger partial charge in [0.2, 0.25) is 17.8 Å². The van der Waals surface area contributed by atoms with Gasteiger partial charge in [0.05, 0.1) is 18.9 Å². The second-order valence-corrected chi connectivity index (χ2v) is 9.65. The molecule has 186 valence electrons. The number of hydrogen-bond donors (Lipinski definition) is 2. The molecule has 1 saturated heterocycles. The summed E-state index contributed by atoms with van der Waals surface area (Å²) < 4.78 is 5.93. The lowest BCUT2D eigenvalue weighted by Gasteiger charge is -2.39. The van der Waals surface area contributed by atoms with Crippen LogP contribution >= 0.6 is 0 Å². The highest BCUT2D eigenvalue weighted by Crippen LogP contribution is 2.32. The van der Waals surface area contributed by atoms with Crippen molar-refractivity contribution in [3.63, 3.8) is 0 Å². The van der Waals surface area contributed by atoms with Crippen molar-refractivity contribution in [2.75, 3.05) is 26.3 Å². The summed E-state index contributed by atoms with van der Waals surface area (Å²) in [5.41, 5.74) is 1.87. The number of benzene rings is 1. The maximum atomic E-state index is 13.1. The van der Waals surface area contributed by atoms with Crippen LogP contribution in [0.1, 0.15) is 70.3 Å². The number of rotatable bonds is 11. The Morgan fingerprint density at radius 1 is 1.29 bits per heavy atom. The molecule has 0 spiro atoms. The Kier molecular flexibility index (Phi) is 8.43. The Morgan fingerprint density at radius 3 is 2.88 bits per heavy atom. The van der Waals surface area contributed by atoms with E-state index in [0.717, 1.165) is 24.1 Å². The van der Waals surface area contributed by atoms with Crippen LogP contribution in [0.4, 0.5) is 5.69 Å². The highest BCUT2D eigenvalue weighted by atomic mass is 16.5. The quantitative estimate of drug-likeness (QED) is 0.484. The molecule has 1 atom stereocenters. The fourth-order valence-corrected chi connectivity index (χ4v) is 5.51. The molecule has 4 rings (SSSR count). The van der Waals surface area contributed by atoms with Gasteiger partial charge >= 0.3 is 0 Å². The van der Waals surface area contributed by atoms with Gasteiger partial charge in [0.1, 0.15) is 12.3 Å². The molecule has 1 saturated carbocycles. The predicted molar refractivity (Wildman–Crippen MR) is 131 cm³/mol. The first kappa shape index (κ1) is 24.5. The van der Waals surface area contributed by atoms with E-state index < -0.39 is 0 Å². The fourth-order valence-electron chi connectivity index (χ4n) is 5.51. The van der Waals surface area contributed by atoms with Gasteiger partial charge in [0.15, 0.2) is 0 Å². The summed E-state index contributed by atoms with van der Waals surface area (Å²) in [6, 6.07) is 6.04. The van der Waals surface area contributed by atoms with Crippen molar-refractivity contribution in [3.05, 3.63) is 23.8 Å². The molecule has 34 heavy (non-hydrogen) atoms. The van der Waals surface area contributed by atoms with Crippen LogP contribution in [-0.4, -0.2) is 65.0 Å². The maximum Gasteiger partial charge on any atom is 0.246 e. The number of aliphatic hydroxyl groups is 1. The second-order valence-electron chi connectivity index (χ2n) is 9.65. The molecule has 2 amide bonds. The smallest absolute Gasteiger partial charge is 0.246 e. The molecule has 2 fully saturated rings. The summed E-state index contributed by atoms with van der Waals surface area (Å²) in [6.07, 6.45) is 9.25. The third-order valence-electron chi connectivity index (χ3n) is 7.17. The van der Waals surface area contributed by atoms with E-state index >= 15 is 0 Å². The van der Waals surface area contributed by atoms with E-state index in [-0.39, 0.29) is 24.5 Å². The molecule has 8 heteroatoms. The van der Waals surface area contributed by atoms with E-state index in [1.165, 1.54) is 32.1 Å². The van der Waals surface area contributed by atoms with Gasteiger partial charge in [0.25, 0.3) is 0 Å². The highest BCUT2D eigenvalue weighted by molar-refractivity contribution is 6.05. The van der Waals surface area contributed by atoms with E-state index in [1.54, 1.807) is 0 Å². The number of carbonyl (C=O) groups is 2. The number of nitrogens with zero attached hydrogens (tertiary/aromatic N) is 3. The lowest BCUT2D eigenvalue weighted by Crippen LogP contribution is -2.46. The normalized spacial score (nSPS) is 18.6. The van der Waals surface area contributed by atoms with Gasteiger partial charge in [-0.25, -0.2) is 4.99 Å². The first-order chi connectivity index (χ1) is 16.6. The number of aliphatic imine (C=N–C) groups is 1. The van der Waals surface area contributed by atoms with Crippen molar-refractivity contribution < 1.29 is 19.4 Å². The number of carbonyl (C=O) groups excluding carboxylic acids is 2. The fraction of sp³-hybridized carbons (Fsp3) is 0.654. The van der Waals surface area contributed by atoms with Gasteiger partial charge in [-0.15, -0.1) is 0 Å². The van der Waals surface area contributed by atoms with Gasteiger partial charge in [-0.1, -0.05) is 38.7 Å². The lowest BCUT2D eigenvalue weighted by molar-refractivity contribution is -0.136. The van der Waals surface area contributed by atoms with E-state index in [9.17, 15) is 14.7 Å². The SMILES string of the molecule is CCCC(C1CCCCC1)N(CCO)C(=O)CCCOc1ccc2c(c1)N=C1NC(=O)CN1C2. The number of amides is 2. The number of fused-ring (bicyclic) bond motifs is 2. The summed E-state index contributed by atoms with van der Waals surface area (Å²) >= 11 is 0. The van der Waals surface area contributed by atoms with Gasteiger partial charge in [-0.3, -0.25) is 14.9 Å². The Bertz CT molecular complexity index is 897. The first-order valence-corrected chi connectivity index (χ1v) is 12.9. The zero-order valence-electron chi connectivity index (χ0n) is 20.3. The minimum Gasteiger partial charge on any atom is -0.494 e. The molecule has 1 aromatic carbocycles. The van der Waals surface area contributed by atoms with E-state index in [4.69, 9.17) is 4.74 Å². The summed E-state index contributed by atoms with van der Waals surface area (Å²) in [5, 5.41) is 12.4. The maximum absolute atomic E-state index is 13.1. The lowest BCUT2D eigenvalue weighted by atomic mass is 9.81. The number of ether oxygens (including phenoxy) is 1. The molecule has 0 radical (unpaired) electrons. The van der Waals surface area contributed by atoms with Crippen LogP contribution in [-0.2, 0) is 16.1 Å². The van der Waals surface area contributed by atoms with Crippen molar-refractivity contribution in [2.45, 2.75) is 77.3 Å². The molecule has 8 nitrogen and oxygen atoms in total. The predicted octanol–water partition coefficient (Wildman–Crippen LogP) is 3.35. The minimum atomic E-state index is -0.0346. The van der Waals surface area contributed by atoms with Crippen molar-refractivity contribution >= 4 is 23.5 Å². The molecule has 2 heterocycles. The number of aliphatic hydroxyl groups excluding tert-OH is 1. The van der Waals surface area contributed by atoms with E-state index in [1.807, 2.05) is 28.0 Å². The summed E-state index contributed by atoms with van der Waals surface area (Å²) in [4.78, 5) is 33.2. The highest BCUT2D eigenvalue weighted by Gasteiger charge is 2.31. The van der Waals surface area contributed by atoms with E-state index in [0.29, 0.717) is 56.7 Å². The second kappa shape index (κ2) is 11.7. The van der Waals surface area contributed by atoms with Gasteiger partial charge in [-0.2, -0.15) is 0 Å². The molecule has 0 bridgehead atoms. The van der Waals surface area contributed by atoms with Crippen LogP contribution in [0.15, 0.2) is 23.2 Å². The average Bonchev–Trinajstić information content (AvgIpc) is 3.21. The number of guanidine groups is 1. The average molecular weight is 471 g/mol. The number of hydrogen-bond acceptors (Lipinski definition) is 6. The van der Waals surface area contributed by atoms with Crippen LogP contribution in [0.25, 0.3) is 0 Å². The Balaban J connectivity index is 1.30. The van der Waals surface area contributed by atoms with E-state index in [2.05, 4.69) is 17.2 Å². The Labute approximate surface area is 202 Å². The molecule has 2 N–H and O–H groups in total. The summed E-state index contributed by atoms with van der Waals surface area (Å²) in [7, 11) is 0. The minimum absolute atomic E-state index is 0.00465. The molecule has 1 unspecified atom stereocenters. The largest absolute Gasteiger partial charge is 0.494 e. The molecule has 1 aromatic rings. The van der Waals surface area contributed by atoms with Crippen molar-refractivity contribution in [1.82, 2.24) is 15.1 Å². The molecular formula is C26H38N4O4. The topological polar surface area (TPSA) is 94.5 Å². The molecule has 2 aliphatic heterocycles. The van der Waals surface area contributed by atoms with Crippen LogP contribution in [0.2, 0.25) is 0 Å². The zero-order valence-corrected chi connectivity index (χ0v) is 20.3. The van der Waals surface area contributed by atoms with Crippen LogP contribution in [0.3, 0.4) is 0 Å². The Morgan fingerprint density at radius 2 is 2.12 bits per heavy atom. The first-order valence-electron chi connectivity index (χ1n) is 12.9. The summed E-state index contributed by atoms with van der Waals surface area (Å²) in [5.74, 6) is 1.96. The third-order valence-corrected chi connectivity index (χ3v) is 7.17. The molecule has 0 aromatic heterocycles. The van der Waals surface area contributed by atoms with Crippen LogP contribution < -0.4 is 10.1 Å². The number of nitrogens with one attached hydrogen (secondary N) is 1. The Hall–Kier alpha value is -2.61.